The highest BCUT2D eigenvalue weighted by molar-refractivity contribution is 7.98. The van der Waals surface area contributed by atoms with Crippen LogP contribution in [0.1, 0.15) is 34.6 Å². The van der Waals surface area contributed by atoms with Crippen molar-refractivity contribution < 1.29 is 4.74 Å². The van der Waals surface area contributed by atoms with Gasteiger partial charge in [0.2, 0.25) is 0 Å². The molecule has 0 spiro atoms. The number of hydrogen-bond acceptors (Lipinski definition) is 8. The van der Waals surface area contributed by atoms with Crippen LogP contribution in [-0.2, 0) is 10.5 Å². The van der Waals surface area contributed by atoms with Crippen molar-refractivity contribution in [3.05, 3.63) is 65.1 Å². The number of anilines is 1. The van der Waals surface area contributed by atoms with Crippen molar-refractivity contribution in [3.8, 4) is 23.4 Å². The van der Waals surface area contributed by atoms with Crippen LogP contribution in [-0.4, -0.2) is 28.2 Å². The van der Waals surface area contributed by atoms with E-state index in [9.17, 15) is 10.5 Å². The van der Waals surface area contributed by atoms with Gasteiger partial charge >= 0.3 is 0 Å². The summed E-state index contributed by atoms with van der Waals surface area (Å²) in [5, 5.41) is 20.0. The fourth-order valence-corrected chi connectivity index (χ4v) is 4.32. The second-order valence-electron chi connectivity index (χ2n) is 6.84. The highest BCUT2D eigenvalue weighted by Gasteiger charge is 2.23. The second-order valence-corrected chi connectivity index (χ2v) is 7.80. The molecular formula is C22H18N6OS. The molecule has 1 aliphatic rings. The molecule has 8 heteroatoms. The molecule has 7 nitrogen and oxygen atoms in total. The first-order valence-electron chi connectivity index (χ1n) is 9.40. The van der Waals surface area contributed by atoms with Gasteiger partial charge in [-0.2, -0.15) is 10.5 Å². The number of hydrogen-bond donors (Lipinski definition) is 1. The van der Waals surface area contributed by atoms with Gasteiger partial charge in [0.05, 0.1) is 17.9 Å². The predicted molar refractivity (Wildman–Crippen MR) is 113 cm³/mol. The van der Waals surface area contributed by atoms with Gasteiger partial charge in [-0.25, -0.2) is 4.98 Å². The summed E-state index contributed by atoms with van der Waals surface area (Å²) >= 11 is 1.38. The smallest absolute Gasteiger partial charge is 0.143 e. The third-order valence-corrected chi connectivity index (χ3v) is 6.00. The lowest BCUT2D eigenvalue weighted by Crippen LogP contribution is -2.05. The summed E-state index contributed by atoms with van der Waals surface area (Å²) in [7, 11) is 0. The molecular weight excluding hydrogens is 396 g/mol. The van der Waals surface area contributed by atoms with Gasteiger partial charge in [0.1, 0.15) is 28.5 Å². The fourth-order valence-electron chi connectivity index (χ4n) is 3.39. The minimum absolute atomic E-state index is 0.0928. The van der Waals surface area contributed by atoms with E-state index >= 15 is 0 Å². The highest BCUT2D eigenvalue weighted by atomic mass is 32.2. The zero-order chi connectivity index (χ0) is 20.9. The summed E-state index contributed by atoms with van der Waals surface area (Å²) in [6.07, 6.45) is 6.22. The summed E-state index contributed by atoms with van der Waals surface area (Å²) in [6, 6.07) is 11.9. The first-order chi connectivity index (χ1) is 14.7. The number of aromatic nitrogens is 3. The molecule has 4 rings (SSSR count). The average molecular weight is 414 g/mol. The Morgan fingerprint density at radius 1 is 1.17 bits per heavy atom. The van der Waals surface area contributed by atoms with Crippen molar-refractivity contribution in [3.63, 3.8) is 0 Å². The van der Waals surface area contributed by atoms with Gasteiger partial charge in [-0.15, -0.1) is 11.8 Å². The van der Waals surface area contributed by atoms with E-state index in [1.54, 1.807) is 18.6 Å². The first-order valence-corrected chi connectivity index (χ1v) is 10.4. The zero-order valence-corrected chi connectivity index (χ0v) is 16.9. The zero-order valence-electron chi connectivity index (χ0n) is 16.1. The van der Waals surface area contributed by atoms with Crippen LogP contribution in [0, 0.1) is 22.7 Å². The fraction of sp³-hybridized carbons (Fsp3) is 0.227. The first kappa shape index (κ1) is 19.8. The Morgan fingerprint density at radius 2 is 2.03 bits per heavy atom. The quantitative estimate of drug-likeness (QED) is 0.628. The molecule has 1 atom stereocenters. The van der Waals surface area contributed by atoms with Gasteiger partial charge in [-0.05, 0) is 29.7 Å². The average Bonchev–Trinajstić information content (AvgIpc) is 3.33. The topological polar surface area (TPSA) is 122 Å². The Labute approximate surface area is 178 Å². The Kier molecular flexibility index (Phi) is 5.89. The van der Waals surface area contributed by atoms with Crippen molar-refractivity contribution in [2.45, 2.75) is 23.1 Å². The number of pyridine rings is 3. The molecule has 30 heavy (non-hydrogen) atoms. The van der Waals surface area contributed by atoms with Crippen LogP contribution >= 0.6 is 11.8 Å². The molecule has 4 heterocycles. The minimum Gasteiger partial charge on any atom is -0.383 e. The molecule has 1 unspecified atom stereocenters. The lowest BCUT2D eigenvalue weighted by Gasteiger charge is -2.13. The third kappa shape index (κ3) is 3.97. The molecule has 1 aliphatic heterocycles. The van der Waals surface area contributed by atoms with Gasteiger partial charge in [0.25, 0.3) is 0 Å². The van der Waals surface area contributed by atoms with Crippen molar-refractivity contribution in [2.75, 3.05) is 18.9 Å². The SMILES string of the molecule is N#Cc1c(N)nc(SCc2cccnc2)c(C#N)c1-c1ccc(C2CCOC2)cn1. The van der Waals surface area contributed by atoms with E-state index in [1.807, 2.05) is 24.3 Å². The molecule has 3 aromatic heterocycles. The van der Waals surface area contributed by atoms with Gasteiger partial charge in [-0.3, -0.25) is 9.97 Å². The third-order valence-electron chi connectivity index (χ3n) is 4.96. The van der Waals surface area contributed by atoms with Crippen LogP contribution in [0.4, 0.5) is 5.82 Å². The number of nitriles is 2. The second kappa shape index (κ2) is 8.91. The summed E-state index contributed by atoms with van der Waals surface area (Å²) < 4.78 is 5.45. The Balaban J connectivity index is 1.73. The maximum absolute atomic E-state index is 9.89. The number of nitrogens with zero attached hydrogens (tertiary/aromatic N) is 5. The monoisotopic (exact) mass is 414 g/mol. The molecule has 1 fully saturated rings. The molecule has 3 aromatic rings. The maximum atomic E-state index is 9.89. The van der Waals surface area contributed by atoms with E-state index in [2.05, 4.69) is 27.1 Å². The van der Waals surface area contributed by atoms with E-state index in [1.165, 1.54) is 11.8 Å². The van der Waals surface area contributed by atoms with Crippen LogP contribution in [0.15, 0.2) is 47.9 Å². The molecule has 1 saturated heterocycles. The number of ether oxygens (including phenoxy) is 1. The highest BCUT2D eigenvalue weighted by Crippen LogP contribution is 2.36. The van der Waals surface area contributed by atoms with Crippen molar-refractivity contribution >= 4 is 17.6 Å². The van der Waals surface area contributed by atoms with Gasteiger partial charge in [0.15, 0.2) is 0 Å². The lowest BCUT2D eigenvalue weighted by molar-refractivity contribution is 0.194. The molecule has 0 aliphatic carbocycles. The maximum Gasteiger partial charge on any atom is 0.143 e. The van der Waals surface area contributed by atoms with Crippen molar-refractivity contribution in [2.24, 2.45) is 0 Å². The summed E-state index contributed by atoms with van der Waals surface area (Å²) in [5.41, 5.74) is 9.59. The van der Waals surface area contributed by atoms with Gasteiger partial charge < -0.3 is 10.5 Å². The van der Waals surface area contributed by atoms with E-state index in [0.29, 0.717) is 40.1 Å². The molecule has 148 valence electrons. The van der Waals surface area contributed by atoms with Crippen molar-refractivity contribution in [1.82, 2.24) is 15.0 Å². The minimum atomic E-state index is 0.0928. The molecule has 2 N–H and O–H groups in total. The van der Waals surface area contributed by atoms with E-state index in [0.717, 1.165) is 24.2 Å². The standard InChI is InChI=1S/C22H18N6OS/c23-8-17-20(19-4-3-15(11-27-19)16-5-7-29-12-16)18(9-24)22(28-21(17)25)30-13-14-2-1-6-26-10-14/h1-4,6,10-11,16H,5,7,12-13H2,(H2,25,28). The van der Waals surface area contributed by atoms with Gasteiger partial charge in [-0.1, -0.05) is 12.1 Å². The van der Waals surface area contributed by atoms with Crippen LogP contribution in [0.3, 0.4) is 0 Å². The van der Waals surface area contributed by atoms with Gasteiger partial charge in [0, 0.05) is 42.4 Å². The number of thioether (sulfide) groups is 1. The Hall–Kier alpha value is -3.46. The summed E-state index contributed by atoms with van der Waals surface area (Å²) in [6.45, 7) is 1.44. The Bertz CT molecular complexity index is 1130. The summed E-state index contributed by atoms with van der Waals surface area (Å²) in [4.78, 5) is 13.0. The summed E-state index contributed by atoms with van der Waals surface area (Å²) in [5.74, 6) is 0.995. The number of nitrogens with two attached hydrogens (primary N) is 1. The predicted octanol–water partition coefficient (Wildman–Crippen LogP) is 3.66. The van der Waals surface area contributed by atoms with Crippen molar-refractivity contribution in [1.29, 1.82) is 10.5 Å². The van der Waals surface area contributed by atoms with Crippen LogP contribution in [0.25, 0.3) is 11.3 Å². The molecule has 0 amide bonds. The molecule has 0 bridgehead atoms. The van der Waals surface area contributed by atoms with E-state index in [4.69, 9.17) is 10.5 Å². The normalized spacial score (nSPS) is 15.5. The van der Waals surface area contributed by atoms with E-state index in [-0.39, 0.29) is 11.4 Å². The molecule has 0 radical (unpaired) electrons. The molecule has 0 aromatic carbocycles. The molecule has 0 saturated carbocycles. The largest absolute Gasteiger partial charge is 0.383 e. The van der Waals surface area contributed by atoms with Crippen LogP contribution in [0.5, 0.6) is 0 Å². The lowest BCUT2D eigenvalue weighted by atomic mass is 9.97. The Morgan fingerprint density at radius 3 is 2.67 bits per heavy atom. The van der Waals surface area contributed by atoms with E-state index < -0.39 is 0 Å². The number of nitrogen functional groups attached to an aromatic ring is 1. The van der Waals surface area contributed by atoms with Crippen LogP contribution in [0.2, 0.25) is 0 Å². The number of rotatable bonds is 5. The van der Waals surface area contributed by atoms with Crippen LogP contribution < -0.4 is 5.73 Å².